The Morgan fingerprint density at radius 3 is 2.54 bits per heavy atom. The van der Waals surface area contributed by atoms with E-state index in [1.54, 1.807) is 0 Å². The Balaban J connectivity index is 1.85. The Morgan fingerprint density at radius 2 is 1.89 bits per heavy atom. The minimum Gasteiger partial charge on any atom is -0.388 e. The van der Waals surface area contributed by atoms with Crippen molar-refractivity contribution in [2.75, 3.05) is 49.3 Å². The average molecular weight is 375 g/mol. The highest BCUT2D eigenvalue weighted by Gasteiger charge is 2.23. The summed E-state index contributed by atoms with van der Waals surface area (Å²) in [6.45, 7) is 4.57. The lowest BCUT2D eigenvalue weighted by atomic mass is 10.1. The number of benzene rings is 2. The van der Waals surface area contributed by atoms with E-state index in [0.29, 0.717) is 0 Å². The summed E-state index contributed by atoms with van der Waals surface area (Å²) in [6, 6.07) is 17.4. The summed E-state index contributed by atoms with van der Waals surface area (Å²) in [6.07, 6.45) is 2.53. The summed E-state index contributed by atoms with van der Waals surface area (Å²) in [5.41, 5.74) is 6.88. The lowest BCUT2D eigenvalue weighted by molar-refractivity contribution is 0.569. The predicted molar refractivity (Wildman–Crippen MR) is 122 cm³/mol. The Morgan fingerprint density at radius 1 is 1.11 bits per heavy atom. The molecule has 0 spiro atoms. The number of aromatic nitrogens is 1. The zero-order valence-corrected chi connectivity index (χ0v) is 17.4. The molecule has 1 atom stereocenters. The number of fused-ring (bicyclic) bond motifs is 1. The molecule has 1 saturated heterocycles. The molecule has 1 fully saturated rings. The summed E-state index contributed by atoms with van der Waals surface area (Å²) in [7, 11) is 6.10. The molecule has 1 aromatic heterocycles. The number of hydrogen-bond acceptors (Lipinski definition) is 4. The number of rotatable bonds is 5. The zero-order chi connectivity index (χ0) is 19.7. The van der Waals surface area contributed by atoms with E-state index in [9.17, 15) is 0 Å². The van der Waals surface area contributed by atoms with Crippen molar-refractivity contribution in [3.8, 4) is 11.3 Å². The van der Waals surface area contributed by atoms with Gasteiger partial charge in [0.15, 0.2) is 0 Å². The van der Waals surface area contributed by atoms with Crippen LogP contribution < -0.4 is 15.1 Å². The van der Waals surface area contributed by atoms with E-state index < -0.39 is 0 Å². The molecule has 0 aliphatic carbocycles. The molecule has 28 heavy (non-hydrogen) atoms. The maximum absolute atomic E-state index is 5.04. The molecule has 4 rings (SSSR count). The summed E-state index contributed by atoms with van der Waals surface area (Å²) in [5.74, 6) is 0.794. The highest BCUT2D eigenvalue weighted by Crippen LogP contribution is 2.36. The number of nitrogens with one attached hydrogen (secondary N) is 1. The van der Waals surface area contributed by atoms with Gasteiger partial charge >= 0.3 is 0 Å². The van der Waals surface area contributed by atoms with Crippen molar-refractivity contribution in [2.24, 2.45) is 5.92 Å². The monoisotopic (exact) mass is 374 g/mol. The van der Waals surface area contributed by atoms with E-state index in [4.69, 9.17) is 4.98 Å². The van der Waals surface area contributed by atoms with Crippen molar-refractivity contribution < 1.29 is 0 Å². The van der Waals surface area contributed by atoms with E-state index in [1.807, 2.05) is 7.05 Å². The Bertz CT molecular complexity index is 962. The van der Waals surface area contributed by atoms with Crippen LogP contribution in [0.25, 0.3) is 22.2 Å². The molecule has 146 valence electrons. The molecule has 0 bridgehead atoms. The lowest BCUT2D eigenvalue weighted by Gasteiger charge is -2.22. The van der Waals surface area contributed by atoms with Crippen molar-refractivity contribution in [2.45, 2.75) is 19.8 Å². The molecule has 1 N–H and O–H groups in total. The summed E-state index contributed by atoms with van der Waals surface area (Å²) in [5, 5.41) is 4.44. The standard InChI is InChI=1S/C24H30N4/c1-5-17-12-13-28(16-17)24-15-22(18-6-8-19(25-2)9-7-18)26-23-14-20(27(3)4)10-11-21(23)24/h6-11,14-15,17,25H,5,12-13,16H2,1-4H3. The predicted octanol–water partition coefficient (Wildman–Crippen LogP) is 5.25. The van der Waals surface area contributed by atoms with Crippen molar-refractivity contribution in [1.29, 1.82) is 0 Å². The van der Waals surface area contributed by atoms with Gasteiger partial charge in [0.05, 0.1) is 11.2 Å². The van der Waals surface area contributed by atoms with Gasteiger partial charge in [-0.25, -0.2) is 4.98 Å². The fraction of sp³-hybridized carbons (Fsp3) is 0.375. The van der Waals surface area contributed by atoms with Gasteiger partial charge in [-0.1, -0.05) is 25.5 Å². The van der Waals surface area contributed by atoms with E-state index in [0.717, 1.165) is 41.5 Å². The van der Waals surface area contributed by atoms with Gasteiger partial charge in [0, 0.05) is 62.2 Å². The van der Waals surface area contributed by atoms with E-state index in [-0.39, 0.29) is 0 Å². The largest absolute Gasteiger partial charge is 0.388 e. The van der Waals surface area contributed by atoms with Gasteiger partial charge in [0.2, 0.25) is 0 Å². The van der Waals surface area contributed by atoms with Crippen molar-refractivity contribution >= 4 is 28.0 Å². The number of hydrogen-bond donors (Lipinski definition) is 1. The van der Waals surface area contributed by atoms with E-state index in [2.05, 4.69) is 84.7 Å². The minimum absolute atomic E-state index is 0.794. The quantitative estimate of drug-likeness (QED) is 0.661. The van der Waals surface area contributed by atoms with Gasteiger partial charge < -0.3 is 15.1 Å². The molecule has 1 aliphatic heterocycles. The number of nitrogens with zero attached hydrogens (tertiary/aromatic N) is 3. The molecule has 0 radical (unpaired) electrons. The van der Waals surface area contributed by atoms with Gasteiger partial charge in [-0.3, -0.25) is 0 Å². The molecule has 2 aromatic carbocycles. The Labute approximate surface area is 168 Å². The highest BCUT2D eigenvalue weighted by atomic mass is 15.2. The highest BCUT2D eigenvalue weighted by molar-refractivity contribution is 5.96. The third-order valence-corrected chi connectivity index (χ3v) is 5.96. The molecule has 4 heteroatoms. The van der Waals surface area contributed by atoms with Gasteiger partial charge in [0.1, 0.15) is 0 Å². The Kier molecular flexibility index (Phi) is 5.12. The molecule has 0 saturated carbocycles. The molecular weight excluding hydrogens is 344 g/mol. The van der Waals surface area contributed by atoms with Crippen LogP contribution in [0.3, 0.4) is 0 Å². The first-order valence-electron chi connectivity index (χ1n) is 10.2. The van der Waals surface area contributed by atoms with Crippen molar-refractivity contribution in [1.82, 2.24) is 4.98 Å². The average Bonchev–Trinajstić information content (AvgIpc) is 3.21. The van der Waals surface area contributed by atoms with Crippen LogP contribution in [-0.2, 0) is 0 Å². The van der Waals surface area contributed by atoms with Gasteiger partial charge in [-0.15, -0.1) is 0 Å². The van der Waals surface area contributed by atoms with Crippen molar-refractivity contribution in [3.63, 3.8) is 0 Å². The summed E-state index contributed by atoms with van der Waals surface area (Å²) in [4.78, 5) is 9.73. The maximum Gasteiger partial charge on any atom is 0.0750 e. The van der Waals surface area contributed by atoms with E-state index in [1.165, 1.54) is 29.6 Å². The molecule has 3 aromatic rings. The maximum atomic E-state index is 5.04. The fourth-order valence-electron chi connectivity index (χ4n) is 4.08. The van der Waals surface area contributed by atoms with Crippen LogP contribution in [0, 0.1) is 5.92 Å². The second-order valence-corrected chi connectivity index (χ2v) is 7.96. The van der Waals surface area contributed by atoms with Crippen molar-refractivity contribution in [3.05, 3.63) is 48.5 Å². The van der Waals surface area contributed by atoms with Crippen LogP contribution in [-0.4, -0.2) is 39.2 Å². The first-order valence-corrected chi connectivity index (χ1v) is 10.2. The first-order chi connectivity index (χ1) is 13.6. The second-order valence-electron chi connectivity index (χ2n) is 7.96. The normalized spacial score (nSPS) is 16.6. The van der Waals surface area contributed by atoms with Gasteiger partial charge in [-0.05, 0) is 48.7 Å². The van der Waals surface area contributed by atoms with Gasteiger partial charge in [0.25, 0.3) is 0 Å². The smallest absolute Gasteiger partial charge is 0.0750 e. The van der Waals surface area contributed by atoms with E-state index >= 15 is 0 Å². The minimum atomic E-state index is 0.794. The topological polar surface area (TPSA) is 31.4 Å². The van der Waals surface area contributed by atoms with Crippen LogP contribution in [0.5, 0.6) is 0 Å². The van der Waals surface area contributed by atoms with Gasteiger partial charge in [-0.2, -0.15) is 0 Å². The summed E-state index contributed by atoms with van der Waals surface area (Å²) >= 11 is 0. The molecule has 0 amide bonds. The third kappa shape index (κ3) is 3.51. The molecule has 4 nitrogen and oxygen atoms in total. The second kappa shape index (κ2) is 7.70. The van der Waals surface area contributed by atoms with Crippen LogP contribution >= 0.6 is 0 Å². The van der Waals surface area contributed by atoms with Crippen LogP contribution in [0.15, 0.2) is 48.5 Å². The number of pyridine rings is 1. The van der Waals surface area contributed by atoms with Crippen LogP contribution in [0.2, 0.25) is 0 Å². The first kappa shape index (κ1) is 18.6. The zero-order valence-electron chi connectivity index (χ0n) is 17.4. The lowest BCUT2D eigenvalue weighted by Crippen LogP contribution is -2.20. The fourth-order valence-corrected chi connectivity index (χ4v) is 4.08. The third-order valence-electron chi connectivity index (χ3n) is 5.96. The molecular formula is C24H30N4. The molecule has 1 aliphatic rings. The SMILES string of the molecule is CCC1CCN(c2cc(-c3ccc(NC)cc3)nc3cc(N(C)C)ccc23)C1. The van der Waals surface area contributed by atoms with Crippen LogP contribution in [0.4, 0.5) is 17.1 Å². The van der Waals surface area contributed by atoms with Crippen LogP contribution in [0.1, 0.15) is 19.8 Å². The molecule has 1 unspecified atom stereocenters. The number of anilines is 3. The Hall–Kier alpha value is -2.75. The summed E-state index contributed by atoms with van der Waals surface area (Å²) < 4.78 is 0. The molecule has 2 heterocycles.